The standard InChI is InChI=1S/C8H12O4/c1-8(2,3)6(10)4-5(9)7(11)12/h4,9H,1-3H3,(H,11,12)/b5-4+. The minimum absolute atomic E-state index is 0.414. The largest absolute Gasteiger partial charge is 0.502 e. The maximum atomic E-state index is 11.1. The Bertz CT molecular complexity index is 232. The van der Waals surface area contributed by atoms with Crippen LogP contribution in [0.5, 0.6) is 0 Å². The number of ketones is 1. The molecule has 4 nitrogen and oxygen atoms in total. The number of hydrogen-bond donors (Lipinski definition) is 2. The predicted octanol–water partition coefficient (Wildman–Crippen LogP) is 1.13. The van der Waals surface area contributed by atoms with E-state index in [-0.39, 0.29) is 0 Å². The topological polar surface area (TPSA) is 74.6 Å². The Balaban J connectivity index is 4.57. The number of aliphatic carboxylic acids is 1. The minimum Gasteiger partial charge on any atom is -0.502 e. The summed E-state index contributed by atoms with van der Waals surface area (Å²) < 4.78 is 0. The molecule has 0 aliphatic heterocycles. The summed E-state index contributed by atoms with van der Waals surface area (Å²) in [6.45, 7) is 4.92. The van der Waals surface area contributed by atoms with Gasteiger partial charge in [0.25, 0.3) is 0 Å². The lowest BCUT2D eigenvalue weighted by Gasteiger charge is -2.12. The summed E-state index contributed by atoms with van der Waals surface area (Å²) in [6.07, 6.45) is 0.725. The molecule has 68 valence electrons. The van der Waals surface area contributed by atoms with Gasteiger partial charge in [-0.15, -0.1) is 0 Å². The number of carbonyl (C=O) groups is 2. The van der Waals surface area contributed by atoms with Crippen LogP contribution in [0.15, 0.2) is 11.8 Å². The summed E-state index contributed by atoms with van der Waals surface area (Å²) in [7, 11) is 0. The molecule has 0 radical (unpaired) electrons. The molecular formula is C8H12O4. The number of carbonyl (C=O) groups excluding carboxylic acids is 1. The average molecular weight is 172 g/mol. The molecule has 0 aromatic rings. The van der Waals surface area contributed by atoms with Gasteiger partial charge >= 0.3 is 5.97 Å². The third-order valence-electron chi connectivity index (χ3n) is 1.23. The summed E-state index contributed by atoms with van der Waals surface area (Å²) >= 11 is 0. The fourth-order valence-electron chi connectivity index (χ4n) is 0.402. The first-order valence-electron chi connectivity index (χ1n) is 3.43. The minimum atomic E-state index is -1.49. The Morgan fingerprint density at radius 1 is 1.17 bits per heavy atom. The number of hydrogen-bond acceptors (Lipinski definition) is 3. The van der Waals surface area contributed by atoms with Crippen LogP contribution in [-0.2, 0) is 9.59 Å². The van der Waals surface area contributed by atoms with Crippen molar-refractivity contribution in [3.05, 3.63) is 11.8 Å². The highest BCUT2D eigenvalue weighted by Crippen LogP contribution is 2.15. The molecule has 0 rings (SSSR count). The maximum absolute atomic E-state index is 11.1. The molecule has 0 aromatic carbocycles. The number of carboxylic acid groups (broad SMARTS) is 1. The Hall–Kier alpha value is -1.32. The van der Waals surface area contributed by atoms with Crippen molar-refractivity contribution < 1.29 is 19.8 Å². The van der Waals surface area contributed by atoms with Crippen molar-refractivity contribution in [1.82, 2.24) is 0 Å². The second-order valence-electron chi connectivity index (χ2n) is 3.45. The first kappa shape index (κ1) is 10.7. The molecule has 0 unspecified atom stereocenters. The zero-order valence-electron chi connectivity index (χ0n) is 7.29. The first-order chi connectivity index (χ1) is 5.25. The van der Waals surface area contributed by atoms with Gasteiger partial charge < -0.3 is 10.2 Å². The zero-order valence-corrected chi connectivity index (χ0v) is 7.29. The van der Waals surface area contributed by atoms with E-state index in [1.807, 2.05) is 0 Å². The lowest BCUT2D eigenvalue weighted by Crippen LogP contribution is -2.19. The van der Waals surface area contributed by atoms with E-state index in [2.05, 4.69) is 0 Å². The molecule has 4 heteroatoms. The van der Waals surface area contributed by atoms with Gasteiger partial charge in [0.05, 0.1) is 0 Å². The van der Waals surface area contributed by atoms with E-state index < -0.39 is 22.9 Å². The van der Waals surface area contributed by atoms with Crippen molar-refractivity contribution in [2.24, 2.45) is 5.41 Å². The second kappa shape index (κ2) is 3.38. The second-order valence-corrected chi connectivity index (χ2v) is 3.45. The molecule has 2 N–H and O–H groups in total. The Morgan fingerprint density at radius 2 is 1.58 bits per heavy atom. The van der Waals surface area contributed by atoms with Gasteiger partial charge in [-0.05, 0) is 0 Å². The van der Waals surface area contributed by atoms with Crippen LogP contribution in [0, 0.1) is 5.41 Å². The third-order valence-corrected chi connectivity index (χ3v) is 1.23. The fourth-order valence-corrected chi connectivity index (χ4v) is 0.402. The summed E-state index contributed by atoms with van der Waals surface area (Å²) in [4.78, 5) is 21.2. The van der Waals surface area contributed by atoms with Crippen molar-refractivity contribution in [2.75, 3.05) is 0 Å². The van der Waals surface area contributed by atoms with Gasteiger partial charge in [0.15, 0.2) is 5.78 Å². The van der Waals surface area contributed by atoms with Gasteiger partial charge in [0.1, 0.15) is 0 Å². The highest BCUT2D eigenvalue weighted by atomic mass is 16.4. The van der Waals surface area contributed by atoms with Gasteiger partial charge in [-0.25, -0.2) is 4.79 Å². The SMILES string of the molecule is CC(C)(C)C(=O)/C=C(/O)C(=O)O. The molecule has 0 saturated heterocycles. The Labute approximate surface area is 70.5 Å². The average Bonchev–Trinajstić information content (AvgIpc) is 1.85. The van der Waals surface area contributed by atoms with Crippen molar-refractivity contribution in [3.8, 4) is 0 Å². The Kier molecular flexibility index (Phi) is 3.01. The van der Waals surface area contributed by atoms with Crippen molar-refractivity contribution in [1.29, 1.82) is 0 Å². The van der Waals surface area contributed by atoms with E-state index in [1.54, 1.807) is 20.8 Å². The van der Waals surface area contributed by atoms with Crippen LogP contribution in [0.1, 0.15) is 20.8 Å². The van der Waals surface area contributed by atoms with Gasteiger partial charge in [0, 0.05) is 11.5 Å². The third kappa shape index (κ3) is 3.18. The van der Waals surface area contributed by atoms with E-state index in [4.69, 9.17) is 10.2 Å². The number of rotatable bonds is 2. The van der Waals surface area contributed by atoms with Gasteiger partial charge in [-0.2, -0.15) is 0 Å². The van der Waals surface area contributed by atoms with Crippen LogP contribution < -0.4 is 0 Å². The van der Waals surface area contributed by atoms with Gasteiger partial charge in [-0.1, -0.05) is 20.8 Å². The molecule has 0 aromatic heterocycles. The highest BCUT2D eigenvalue weighted by molar-refractivity contribution is 5.99. The van der Waals surface area contributed by atoms with E-state index in [1.165, 1.54) is 0 Å². The number of aliphatic hydroxyl groups is 1. The summed E-state index contributed by atoms with van der Waals surface area (Å²) in [6, 6.07) is 0. The molecule has 0 saturated carbocycles. The molecule has 0 bridgehead atoms. The van der Waals surface area contributed by atoms with E-state index in [0.717, 1.165) is 6.08 Å². The van der Waals surface area contributed by atoms with Crippen LogP contribution in [0.25, 0.3) is 0 Å². The fraction of sp³-hybridized carbons (Fsp3) is 0.500. The molecule has 12 heavy (non-hydrogen) atoms. The number of carboxylic acids is 1. The quantitative estimate of drug-likeness (QED) is 0.483. The van der Waals surface area contributed by atoms with Crippen molar-refractivity contribution in [3.63, 3.8) is 0 Å². The van der Waals surface area contributed by atoms with Crippen molar-refractivity contribution in [2.45, 2.75) is 20.8 Å². The van der Waals surface area contributed by atoms with Crippen LogP contribution >= 0.6 is 0 Å². The monoisotopic (exact) mass is 172 g/mol. The first-order valence-corrected chi connectivity index (χ1v) is 3.43. The molecule has 0 spiro atoms. The molecule has 0 aliphatic carbocycles. The van der Waals surface area contributed by atoms with Crippen molar-refractivity contribution >= 4 is 11.8 Å². The molecule has 0 aliphatic rings. The summed E-state index contributed by atoms with van der Waals surface area (Å²) in [5.41, 5.74) is -0.663. The lowest BCUT2D eigenvalue weighted by molar-refractivity contribution is -0.136. The van der Waals surface area contributed by atoms with E-state index >= 15 is 0 Å². The smallest absolute Gasteiger partial charge is 0.371 e. The van der Waals surface area contributed by atoms with Gasteiger partial charge in [-0.3, -0.25) is 4.79 Å². The predicted molar refractivity (Wildman–Crippen MR) is 42.8 cm³/mol. The van der Waals surface area contributed by atoms with Crippen LogP contribution in [-0.4, -0.2) is 22.0 Å². The number of aliphatic hydroxyl groups excluding tert-OH is 1. The Morgan fingerprint density at radius 3 is 1.83 bits per heavy atom. The normalized spacial score (nSPS) is 12.8. The van der Waals surface area contributed by atoms with Crippen LogP contribution in [0.4, 0.5) is 0 Å². The number of allylic oxidation sites excluding steroid dienone is 1. The summed E-state index contributed by atoms with van der Waals surface area (Å²) in [5.74, 6) is -2.83. The van der Waals surface area contributed by atoms with Crippen LogP contribution in [0.2, 0.25) is 0 Å². The molecule has 0 amide bonds. The molecule has 0 atom stereocenters. The zero-order chi connectivity index (χ0) is 9.94. The molecule has 0 fully saturated rings. The summed E-state index contributed by atoms with van der Waals surface area (Å²) in [5, 5.41) is 16.9. The highest BCUT2D eigenvalue weighted by Gasteiger charge is 2.20. The van der Waals surface area contributed by atoms with Crippen LogP contribution in [0.3, 0.4) is 0 Å². The lowest BCUT2D eigenvalue weighted by atomic mass is 9.90. The van der Waals surface area contributed by atoms with E-state index in [9.17, 15) is 9.59 Å². The van der Waals surface area contributed by atoms with Gasteiger partial charge in [0.2, 0.25) is 5.76 Å². The van der Waals surface area contributed by atoms with E-state index in [0.29, 0.717) is 0 Å². The molecular weight excluding hydrogens is 160 g/mol. The molecule has 0 heterocycles. The maximum Gasteiger partial charge on any atom is 0.371 e.